The maximum Gasteiger partial charge on any atom is 0.251 e. The predicted octanol–water partition coefficient (Wildman–Crippen LogP) is 2.85. The first kappa shape index (κ1) is 17.8. The number of hydrogen-bond acceptors (Lipinski definition) is 3. The van der Waals surface area contributed by atoms with Crippen LogP contribution in [-0.4, -0.2) is 51.1 Å². The van der Waals surface area contributed by atoms with E-state index in [1.807, 2.05) is 43.3 Å². The number of carbonyl (C=O) groups excluding carboxylic acids is 1. The molecule has 4 nitrogen and oxygen atoms in total. The third-order valence-electron chi connectivity index (χ3n) is 4.53. The number of rotatable bonds is 6. The normalized spacial score (nSPS) is 21.9. The fourth-order valence-electron chi connectivity index (χ4n) is 3.49. The highest BCUT2D eigenvalue weighted by Crippen LogP contribution is 2.20. The number of piperidine rings is 1. The van der Waals surface area contributed by atoms with Gasteiger partial charge in [-0.05, 0) is 55.5 Å². The van der Waals surface area contributed by atoms with E-state index in [9.17, 15) is 4.79 Å². The van der Waals surface area contributed by atoms with Gasteiger partial charge < -0.3 is 15.1 Å². The molecule has 128 valence electrons. The Labute approximate surface area is 140 Å². The Balaban J connectivity index is 1.70. The van der Waals surface area contributed by atoms with Crippen LogP contribution in [0.25, 0.3) is 0 Å². The molecule has 23 heavy (non-hydrogen) atoms. The first-order valence-electron chi connectivity index (χ1n) is 8.73. The van der Waals surface area contributed by atoms with E-state index in [2.05, 4.69) is 24.1 Å². The van der Waals surface area contributed by atoms with Gasteiger partial charge in [0.2, 0.25) is 0 Å². The fraction of sp³-hybridized carbons (Fsp3) is 0.632. The van der Waals surface area contributed by atoms with Crippen LogP contribution >= 0.6 is 0 Å². The lowest BCUT2D eigenvalue weighted by Crippen LogP contribution is -2.40. The third kappa shape index (κ3) is 5.54. The van der Waals surface area contributed by atoms with E-state index in [0.717, 1.165) is 42.6 Å². The van der Waals surface area contributed by atoms with Crippen molar-refractivity contribution in [2.24, 2.45) is 11.8 Å². The zero-order valence-corrected chi connectivity index (χ0v) is 15.0. The van der Waals surface area contributed by atoms with Crippen molar-refractivity contribution in [1.82, 2.24) is 10.2 Å². The van der Waals surface area contributed by atoms with Gasteiger partial charge in [0.15, 0.2) is 0 Å². The summed E-state index contributed by atoms with van der Waals surface area (Å²) in [5, 5.41) is 3.03. The van der Waals surface area contributed by atoms with Crippen LogP contribution in [0.5, 0.6) is 0 Å². The SMILES string of the molecule is CC1CC(C)CN(CCCNC(=O)c2ccc(N(C)C)cc2)C1. The highest BCUT2D eigenvalue weighted by Gasteiger charge is 2.21. The van der Waals surface area contributed by atoms with E-state index >= 15 is 0 Å². The minimum absolute atomic E-state index is 0.0238. The lowest BCUT2D eigenvalue weighted by atomic mass is 9.92. The van der Waals surface area contributed by atoms with Crippen LogP contribution in [0, 0.1) is 11.8 Å². The van der Waals surface area contributed by atoms with E-state index < -0.39 is 0 Å². The van der Waals surface area contributed by atoms with Crippen molar-refractivity contribution in [2.75, 3.05) is 45.2 Å². The number of anilines is 1. The first-order valence-corrected chi connectivity index (χ1v) is 8.73. The van der Waals surface area contributed by atoms with Gasteiger partial charge in [0.05, 0.1) is 0 Å². The number of hydrogen-bond donors (Lipinski definition) is 1. The zero-order chi connectivity index (χ0) is 16.8. The lowest BCUT2D eigenvalue weighted by Gasteiger charge is -2.34. The summed E-state index contributed by atoms with van der Waals surface area (Å²) in [6.07, 6.45) is 2.36. The summed E-state index contributed by atoms with van der Waals surface area (Å²) in [6, 6.07) is 7.73. The average molecular weight is 317 g/mol. The molecule has 0 aromatic heterocycles. The molecule has 0 spiro atoms. The highest BCUT2D eigenvalue weighted by molar-refractivity contribution is 5.94. The predicted molar refractivity (Wildman–Crippen MR) is 97.1 cm³/mol. The van der Waals surface area contributed by atoms with Gasteiger partial charge in [0, 0.05) is 45.0 Å². The summed E-state index contributed by atoms with van der Waals surface area (Å²) >= 11 is 0. The first-order chi connectivity index (χ1) is 11.0. The minimum atomic E-state index is 0.0238. The van der Waals surface area contributed by atoms with Gasteiger partial charge >= 0.3 is 0 Å². The zero-order valence-electron chi connectivity index (χ0n) is 15.0. The van der Waals surface area contributed by atoms with Gasteiger partial charge in [-0.25, -0.2) is 0 Å². The molecule has 0 bridgehead atoms. The van der Waals surface area contributed by atoms with Crippen molar-refractivity contribution >= 4 is 11.6 Å². The van der Waals surface area contributed by atoms with Crippen molar-refractivity contribution in [2.45, 2.75) is 26.7 Å². The molecule has 0 radical (unpaired) electrons. The number of likely N-dealkylation sites (tertiary alicyclic amines) is 1. The van der Waals surface area contributed by atoms with Crippen LogP contribution < -0.4 is 10.2 Å². The Morgan fingerprint density at radius 2 is 1.78 bits per heavy atom. The topological polar surface area (TPSA) is 35.6 Å². The minimum Gasteiger partial charge on any atom is -0.378 e. The summed E-state index contributed by atoms with van der Waals surface area (Å²) in [6.45, 7) is 8.89. The smallest absolute Gasteiger partial charge is 0.251 e. The number of amides is 1. The molecule has 1 aromatic rings. The standard InChI is InChI=1S/C19H31N3O/c1-15-12-16(2)14-22(13-15)11-5-10-20-19(23)17-6-8-18(9-7-17)21(3)4/h6-9,15-16H,5,10-14H2,1-4H3,(H,20,23). The molecular weight excluding hydrogens is 286 g/mol. The summed E-state index contributed by atoms with van der Waals surface area (Å²) in [4.78, 5) is 16.7. The van der Waals surface area contributed by atoms with Gasteiger partial charge in [-0.1, -0.05) is 13.8 Å². The second kappa shape index (κ2) is 8.34. The summed E-state index contributed by atoms with van der Waals surface area (Å²) in [5.41, 5.74) is 1.84. The lowest BCUT2D eigenvalue weighted by molar-refractivity contribution is 0.0947. The fourth-order valence-corrected chi connectivity index (χ4v) is 3.49. The molecule has 4 heteroatoms. The largest absolute Gasteiger partial charge is 0.378 e. The molecule has 1 amide bonds. The van der Waals surface area contributed by atoms with E-state index in [-0.39, 0.29) is 5.91 Å². The van der Waals surface area contributed by atoms with Crippen LogP contribution in [0.15, 0.2) is 24.3 Å². The number of nitrogens with one attached hydrogen (secondary N) is 1. The monoisotopic (exact) mass is 317 g/mol. The number of carbonyl (C=O) groups is 1. The second-order valence-electron chi connectivity index (χ2n) is 7.26. The van der Waals surface area contributed by atoms with Crippen LogP contribution in [0.2, 0.25) is 0 Å². The maximum atomic E-state index is 12.1. The average Bonchev–Trinajstić information content (AvgIpc) is 2.50. The van der Waals surface area contributed by atoms with Crippen molar-refractivity contribution in [3.63, 3.8) is 0 Å². The molecule has 2 rings (SSSR count). The molecule has 2 unspecified atom stereocenters. The molecule has 1 heterocycles. The van der Waals surface area contributed by atoms with E-state index in [1.165, 1.54) is 19.5 Å². The van der Waals surface area contributed by atoms with Crippen molar-refractivity contribution < 1.29 is 4.79 Å². The van der Waals surface area contributed by atoms with Crippen LogP contribution in [0.1, 0.15) is 37.0 Å². The molecule has 1 aliphatic rings. The molecule has 1 fully saturated rings. The summed E-state index contributed by atoms with van der Waals surface area (Å²) < 4.78 is 0. The number of nitrogens with zero attached hydrogens (tertiary/aromatic N) is 2. The van der Waals surface area contributed by atoms with Crippen molar-refractivity contribution in [3.8, 4) is 0 Å². The number of benzene rings is 1. The third-order valence-corrected chi connectivity index (χ3v) is 4.53. The molecule has 0 saturated carbocycles. The molecule has 0 aliphatic carbocycles. The van der Waals surface area contributed by atoms with Gasteiger partial charge in [-0.3, -0.25) is 4.79 Å². The van der Waals surface area contributed by atoms with E-state index in [4.69, 9.17) is 0 Å². The molecular formula is C19H31N3O. The second-order valence-corrected chi connectivity index (χ2v) is 7.26. The Morgan fingerprint density at radius 3 is 2.35 bits per heavy atom. The van der Waals surface area contributed by atoms with Gasteiger partial charge in [0.1, 0.15) is 0 Å². The van der Waals surface area contributed by atoms with Crippen molar-refractivity contribution in [3.05, 3.63) is 29.8 Å². The van der Waals surface area contributed by atoms with Crippen LogP contribution in [-0.2, 0) is 0 Å². The summed E-state index contributed by atoms with van der Waals surface area (Å²) in [5.74, 6) is 1.61. The molecule has 1 aromatic carbocycles. The highest BCUT2D eigenvalue weighted by atomic mass is 16.1. The Bertz CT molecular complexity index is 488. The molecule has 2 atom stereocenters. The Morgan fingerprint density at radius 1 is 1.17 bits per heavy atom. The van der Waals surface area contributed by atoms with Gasteiger partial charge in [0.25, 0.3) is 5.91 Å². The van der Waals surface area contributed by atoms with Crippen LogP contribution in [0.3, 0.4) is 0 Å². The quantitative estimate of drug-likeness (QED) is 0.820. The Hall–Kier alpha value is -1.55. The van der Waals surface area contributed by atoms with Crippen LogP contribution in [0.4, 0.5) is 5.69 Å². The van der Waals surface area contributed by atoms with E-state index in [1.54, 1.807) is 0 Å². The van der Waals surface area contributed by atoms with Gasteiger partial charge in [-0.2, -0.15) is 0 Å². The Kier molecular flexibility index (Phi) is 6.46. The maximum absolute atomic E-state index is 12.1. The molecule has 1 aliphatic heterocycles. The van der Waals surface area contributed by atoms with E-state index in [0.29, 0.717) is 0 Å². The summed E-state index contributed by atoms with van der Waals surface area (Å²) in [7, 11) is 3.99. The van der Waals surface area contributed by atoms with Crippen molar-refractivity contribution in [1.29, 1.82) is 0 Å². The van der Waals surface area contributed by atoms with Gasteiger partial charge in [-0.15, -0.1) is 0 Å². The molecule has 1 saturated heterocycles. The molecule has 1 N–H and O–H groups in total.